The van der Waals surface area contributed by atoms with Gasteiger partial charge in [-0.25, -0.2) is 4.39 Å². The van der Waals surface area contributed by atoms with E-state index in [1.54, 1.807) is 12.1 Å². The minimum Gasteiger partial charge on any atom is -0.491 e. The Morgan fingerprint density at radius 2 is 2.28 bits per heavy atom. The zero-order valence-corrected chi connectivity index (χ0v) is 11.0. The Labute approximate surface area is 116 Å². The number of rotatable bonds is 4. The first-order valence-corrected chi connectivity index (χ1v) is 5.61. The number of hydrogen-bond acceptors (Lipinski definition) is 4. The van der Waals surface area contributed by atoms with E-state index in [9.17, 15) is 9.41 Å². The summed E-state index contributed by atoms with van der Waals surface area (Å²) in [4.78, 5) is 0. The lowest BCUT2D eigenvalue weighted by atomic mass is 9.78. The van der Waals surface area contributed by atoms with Crippen LogP contribution in [0.4, 0.5) is 4.39 Å². The van der Waals surface area contributed by atoms with Crippen LogP contribution >= 0.6 is 24.0 Å². The van der Waals surface area contributed by atoms with Gasteiger partial charge in [0.25, 0.3) is 0 Å². The molecular formula is C10H13BCl2FNO3. The summed E-state index contributed by atoms with van der Waals surface area (Å²) in [6.45, 7) is -0.473. The normalized spacial score (nSPS) is 17.3. The number of benzene rings is 1. The smallest absolute Gasteiger partial charge is 0.491 e. The summed E-state index contributed by atoms with van der Waals surface area (Å²) in [5, 5.41) is 10.2. The molecule has 0 fully saturated rings. The fourth-order valence-corrected chi connectivity index (χ4v) is 2.20. The number of fused-ring (bicyclic) bond motifs is 1. The summed E-state index contributed by atoms with van der Waals surface area (Å²) >= 11 is 6.04. The third kappa shape index (κ3) is 2.73. The molecule has 0 amide bonds. The van der Waals surface area contributed by atoms with Gasteiger partial charge in [-0.15, -0.1) is 12.4 Å². The molecule has 1 atom stereocenters. The Kier molecular flexibility index (Phi) is 5.68. The highest BCUT2D eigenvalue weighted by molar-refractivity contribution is 6.63. The van der Waals surface area contributed by atoms with Crippen molar-refractivity contribution in [2.75, 3.05) is 19.8 Å². The molecule has 1 aromatic carbocycles. The van der Waals surface area contributed by atoms with Gasteiger partial charge in [0.1, 0.15) is 19.0 Å². The van der Waals surface area contributed by atoms with Gasteiger partial charge in [0.05, 0.1) is 6.10 Å². The minimum atomic E-state index is -1.13. The van der Waals surface area contributed by atoms with Gasteiger partial charge in [-0.3, -0.25) is 0 Å². The van der Waals surface area contributed by atoms with Gasteiger partial charge in [0.15, 0.2) is 0 Å². The van der Waals surface area contributed by atoms with E-state index >= 15 is 0 Å². The molecule has 2 rings (SSSR count). The number of nitrogens with two attached hydrogens (primary N) is 1. The van der Waals surface area contributed by atoms with Crippen molar-refractivity contribution in [3.05, 3.63) is 22.7 Å². The van der Waals surface area contributed by atoms with Crippen LogP contribution in [0.25, 0.3) is 0 Å². The molecule has 0 spiro atoms. The highest BCUT2D eigenvalue weighted by atomic mass is 35.5. The van der Waals surface area contributed by atoms with Crippen LogP contribution in [0, 0.1) is 0 Å². The third-order valence-electron chi connectivity index (χ3n) is 2.60. The average Bonchev–Trinajstić information content (AvgIpc) is 2.67. The van der Waals surface area contributed by atoms with Gasteiger partial charge < -0.3 is 20.1 Å². The molecule has 1 aromatic rings. The van der Waals surface area contributed by atoms with Gasteiger partial charge >= 0.3 is 7.12 Å². The largest absolute Gasteiger partial charge is 0.495 e. The Morgan fingerprint density at radius 1 is 1.56 bits per heavy atom. The fraction of sp³-hybridized carbons (Fsp3) is 0.400. The molecule has 1 aliphatic rings. The van der Waals surface area contributed by atoms with Crippen molar-refractivity contribution in [2.24, 2.45) is 5.73 Å². The Bertz CT molecular complexity index is 424. The first-order valence-electron chi connectivity index (χ1n) is 5.23. The summed E-state index contributed by atoms with van der Waals surface area (Å²) in [6, 6.07) is 3.21. The van der Waals surface area contributed by atoms with E-state index in [4.69, 9.17) is 26.7 Å². The topological polar surface area (TPSA) is 64.7 Å². The first-order chi connectivity index (χ1) is 8.19. The zero-order valence-electron chi connectivity index (χ0n) is 9.44. The van der Waals surface area contributed by atoms with Crippen LogP contribution in [0.1, 0.15) is 11.7 Å². The van der Waals surface area contributed by atoms with E-state index in [2.05, 4.69) is 0 Å². The minimum absolute atomic E-state index is 0. The van der Waals surface area contributed by atoms with Crippen LogP contribution in [0.15, 0.2) is 12.1 Å². The van der Waals surface area contributed by atoms with Crippen molar-refractivity contribution in [1.29, 1.82) is 0 Å². The maximum Gasteiger partial charge on any atom is 0.495 e. The molecule has 100 valence electrons. The van der Waals surface area contributed by atoms with Crippen molar-refractivity contribution in [3.63, 3.8) is 0 Å². The zero-order chi connectivity index (χ0) is 12.4. The molecule has 4 nitrogen and oxygen atoms in total. The molecule has 3 N–H and O–H groups in total. The Balaban J connectivity index is 0.00000162. The second-order valence-electron chi connectivity index (χ2n) is 3.62. The summed E-state index contributed by atoms with van der Waals surface area (Å²) in [5.74, 6) is 0.380. The predicted molar refractivity (Wildman–Crippen MR) is 70.7 cm³/mol. The lowest BCUT2D eigenvalue weighted by Crippen LogP contribution is -2.30. The monoisotopic (exact) mass is 295 g/mol. The van der Waals surface area contributed by atoms with Crippen LogP contribution in [0.3, 0.4) is 0 Å². The van der Waals surface area contributed by atoms with Gasteiger partial charge in [0.2, 0.25) is 0 Å². The quantitative estimate of drug-likeness (QED) is 0.808. The summed E-state index contributed by atoms with van der Waals surface area (Å²) < 4.78 is 22.5. The molecule has 0 saturated carbocycles. The molecule has 1 unspecified atom stereocenters. The molecule has 18 heavy (non-hydrogen) atoms. The Morgan fingerprint density at radius 3 is 2.89 bits per heavy atom. The lowest BCUT2D eigenvalue weighted by Gasteiger charge is -2.12. The van der Waals surface area contributed by atoms with Gasteiger partial charge in [-0.05, 0) is 12.1 Å². The van der Waals surface area contributed by atoms with Crippen LogP contribution < -0.4 is 15.9 Å². The third-order valence-corrected chi connectivity index (χ3v) is 2.93. The molecule has 1 heterocycles. The highest BCUT2D eigenvalue weighted by Crippen LogP contribution is 2.32. The van der Waals surface area contributed by atoms with Crippen molar-refractivity contribution in [1.82, 2.24) is 0 Å². The van der Waals surface area contributed by atoms with Crippen LogP contribution in [0.5, 0.6) is 5.75 Å². The molecule has 1 aliphatic heterocycles. The van der Waals surface area contributed by atoms with E-state index in [-0.39, 0.29) is 25.6 Å². The van der Waals surface area contributed by atoms with E-state index in [0.29, 0.717) is 21.8 Å². The van der Waals surface area contributed by atoms with E-state index < -0.39 is 19.9 Å². The average molecular weight is 296 g/mol. The van der Waals surface area contributed by atoms with Crippen LogP contribution in [0.2, 0.25) is 5.02 Å². The van der Waals surface area contributed by atoms with Gasteiger partial charge in [-0.1, -0.05) is 11.6 Å². The van der Waals surface area contributed by atoms with Crippen molar-refractivity contribution < 1.29 is 18.8 Å². The van der Waals surface area contributed by atoms with E-state index in [1.807, 2.05) is 0 Å². The molecule has 0 bridgehead atoms. The standard InChI is InChI=1S/C10H12BClFNO3.ClH/c12-6-1-2-7(16-4-3-13)10-9(6)8(5-14)17-11(10)15;/h1-2,8,15H,3-5,14H2;1H. The van der Waals surface area contributed by atoms with Crippen LogP contribution in [-0.4, -0.2) is 32.0 Å². The maximum atomic E-state index is 12.1. The SMILES string of the molecule is Cl.NCC1OB(O)c2c(OCCF)ccc(Cl)c21. The van der Waals surface area contributed by atoms with Crippen molar-refractivity contribution >= 4 is 36.6 Å². The molecule has 8 heteroatoms. The number of hydrogen-bond donors (Lipinski definition) is 2. The van der Waals surface area contributed by atoms with Gasteiger partial charge in [0, 0.05) is 22.6 Å². The van der Waals surface area contributed by atoms with Crippen molar-refractivity contribution in [2.45, 2.75) is 6.10 Å². The fourth-order valence-electron chi connectivity index (χ4n) is 1.91. The molecule has 0 radical (unpaired) electrons. The number of halogens is 3. The second-order valence-corrected chi connectivity index (χ2v) is 4.03. The van der Waals surface area contributed by atoms with Crippen molar-refractivity contribution in [3.8, 4) is 5.75 Å². The molecule has 0 aliphatic carbocycles. The molecule has 0 aromatic heterocycles. The first kappa shape index (κ1) is 15.5. The van der Waals surface area contributed by atoms with E-state index in [1.165, 1.54) is 0 Å². The summed E-state index contributed by atoms with van der Waals surface area (Å²) in [7, 11) is -1.13. The Hall–Kier alpha value is -0.525. The lowest BCUT2D eigenvalue weighted by molar-refractivity contribution is 0.198. The predicted octanol–water partition coefficient (Wildman–Crippen LogP) is 0.828. The second kappa shape index (κ2) is 6.59. The maximum absolute atomic E-state index is 12.1. The van der Waals surface area contributed by atoms with Crippen LogP contribution in [-0.2, 0) is 4.65 Å². The van der Waals surface area contributed by atoms with E-state index in [0.717, 1.165) is 0 Å². The molecule has 0 saturated heterocycles. The van der Waals surface area contributed by atoms with Gasteiger partial charge in [-0.2, -0.15) is 0 Å². The number of ether oxygens (including phenoxy) is 1. The summed E-state index contributed by atoms with van der Waals surface area (Å²) in [5.41, 5.74) is 6.60. The summed E-state index contributed by atoms with van der Waals surface area (Å²) in [6.07, 6.45) is -0.457. The highest BCUT2D eigenvalue weighted by Gasteiger charge is 2.39. The molecular weight excluding hydrogens is 283 g/mol. The number of alkyl halides is 1.